The van der Waals surface area contributed by atoms with Gasteiger partial charge >= 0.3 is 0 Å². The number of ether oxygens (including phenoxy) is 1. The van der Waals surface area contributed by atoms with Gasteiger partial charge < -0.3 is 14.6 Å². The van der Waals surface area contributed by atoms with Crippen molar-refractivity contribution in [1.29, 1.82) is 0 Å². The average Bonchev–Trinajstić information content (AvgIpc) is 3.11. The molecule has 5 nitrogen and oxygen atoms in total. The van der Waals surface area contributed by atoms with Crippen molar-refractivity contribution < 1.29 is 4.74 Å². The Morgan fingerprint density at radius 2 is 2.30 bits per heavy atom. The largest absolute Gasteiger partial charge is 0.383 e. The molecule has 20 heavy (non-hydrogen) atoms. The third-order valence-corrected chi connectivity index (χ3v) is 4.54. The van der Waals surface area contributed by atoms with Gasteiger partial charge in [0.1, 0.15) is 5.01 Å². The van der Waals surface area contributed by atoms with E-state index in [4.69, 9.17) is 4.74 Å². The predicted molar refractivity (Wildman–Crippen MR) is 81.1 cm³/mol. The Bertz CT molecular complexity index is 523. The van der Waals surface area contributed by atoms with E-state index in [1.54, 1.807) is 18.4 Å². The zero-order valence-electron chi connectivity index (χ0n) is 12.3. The fourth-order valence-electron chi connectivity index (χ4n) is 2.01. The van der Waals surface area contributed by atoms with Crippen LogP contribution in [0.2, 0.25) is 0 Å². The fraction of sp³-hybridized carbons (Fsp3) is 0.571. The van der Waals surface area contributed by atoms with Gasteiger partial charge in [-0.2, -0.15) is 0 Å². The lowest BCUT2D eigenvalue weighted by molar-refractivity contribution is 0.199. The van der Waals surface area contributed by atoms with Crippen LogP contribution in [0.4, 0.5) is 0 Å². The second kappa shape index (κ2) is 7.52. The third kappa shape index (κ3) is 3.65. The van der Waals surface area contributed by atoms with Crippen molar-refractivity contribution in [1.82, 2.24) is 19.9 Å². The molecular formula is C14H22N4OS. The minimum atomic E-state index is 0.224. The second-order valence-electron chi connectivity index (χ2n) is 4.66. The van der Waals surface area contributed by atoms with Crippen molar-refractivity contribution in [3.05, 3.63) is 34.3 Å². The summed E-state index contributed by atoms with van der Waals surface area (Å²) in [6, 6.07) is 0.224. The number of hydrogen-bond acceptors (Lipinski definition) is 5. The molecule has 0 saturated heterocycles. The summed E-state index contributed by atoms with van der Waals surface area (Å²) in [6.07, 6.45) is 6.80. The Morgan fingerprint density at radius 1 is 1.45 bits per heavy atom. The minimum absolute atomic E-state index is 0.224. The van der Waals surface area contributed by atoms with Crippen LogP contribution in [-0.4, -0.2) is 34.8 Å². The van der Waals surface area contributed by atoms with E-state index in [0.29, 0.717) is 0 Å². The molecule has 0 radical (unpaired) electrons. The van der Waals surface area contributed by atoms with Crippen molar-refractivity contribution >= 4 is 11.3 Å². The quantitative estimate of drug-likeness (QED) is 0.759. The maximum atomic E-state index is 5.03. The van der Waals surface area contributed by atoms with Gasteiger partial charge in [-0.05, 0) is 13.3 Å². The van der Waals surface area contributed by atoms with Crippen LogP contribution in [0.1, 0.15) is 35.5 Å². The summed E-state index contributed by atoms with van der Waals surface area (Å²) in [4.78, 5) is 10.1. The van der Waals surface area contributed by atoms with E-state index in [1.165, 1.54) is 10.6 Å². The molecule has 0 spiro atoms. The van der Waals surface area contributed by atoms with Crippen molar-refractivity contribution in [2.75, 3.05) is 20.3 Å². The van der Waals surface area contributed by atoms with Gasteiger partial charge in [0.2, 0.25) is 0 Å². The number of methoxy groups -OCH3 is 1. The van der Waals surface area contributed by atoms with Gasteiger partial charge in [-0.3, -0.25) is 0 Å². The van der Waals surface area contributed by atoms with Crippen LogP contribution in [0.15, 0.2) is 18.7 Å². The summed E-state index contributed by atoms with van der Waals surface area (Å²) in [6.45, 7) is 6.67. The van der Waals surface area contributed by atoms with E-state index in [1.807, 2.05) is 18.7 Å². The van der Waals surface area contributed by atoms with Crippen LogP contribution in [0.25, 0.3) is 0 Å². The fourth-order valence-corrected chi connectivity index (χ4v) is 2.91. The molecule has 110 valence electrons. The van der Waals surface area contributed by atoms with Crippen molar-refractivity contribution in [2.24, 2.45) is 0 Å². The van der Waals surface area contributed by atoms with E-state index in [2.05, 4.69) is 33.7 Å². The number of thiazole rings is 1. The smallest absolute Gasteiger partial charge is 0.115 e. The summed E-state index contributed by atoms with van der Waals surface area (Å²) in [5.41, 5.74) is 1.17. The summed E-state index contributed by atoms with van der Waals surface area (Å²) in [5.74, 6) is 0. The molecule has 0 amide bonds. The predicted octanol–water partition coefficient (Wildman–Crippen LogP) is 2.25. The Morgan fingerprint density at radius 3 is 3.00 bits per heavy atom. The molecule has 2 rings (SSSR count). The Kier molecular flexibility index (Phi) is 5.70. The molecule has 0 saturated carbocycles. The lowest BCUT2D eigenvalue weighted by atomic mass is 10.3. The van der Waals surface area contributed by atoms with E-state index < -0.39 is 0 Å². The first-order valence-corrected chi connectivity index (χ1v) is 7.72. The van der Waals surface area contributed by atoms with Crippen molar-refractivity contribution in [3.63, 3.8) is 0 Å². The Balaban J connectivity index is 2.02. The highest BCUT2D eigenvalue weighted by Crippen LogP contribution is 2.24. The molecular weight excluding hydrogens is 272 g/mol. The standard InChI is InChI=1S/C14H22N4OS/c1-4-13-9-17-14(20-13)11(2)18-10-16-8-12(18)7-15-5-6-19-3/h8-11,15H,4-7H2,1-3H3. The summed E-state index contributed by atoms with van der Waals surface area (Å²) >= 11 is 1.78. The first-order chi connectivity index (χ1) is 9.76. The molecule has 2 aromatic rings. The molecule has 1 atom stereocenters. The molecule has 0 aliphatic heterocycles. The zero-order valence-corrected chi connectivity index (χ0v) is 13.1. The van der Waals surface area contributed by atoms with Gasteiger partial charge in [0.25, 0.3) is 0 Å². The molecule has 2 heterocycles. The molecule has 0 fully saturated rings. The summed E-state index contributed by atoms with van der Waals surface area (Å²) in [7, 11) is 1.71. The molecule has 0 aliphatic rings. The maximum Gasteiger partial charge on any atom is 0.115 e. The number of nitrogens with one attached hydrogen (secondary N) is 1. The maximum absolute atomic E-state index is 5.03. The van der Waals surface area contributed by atoms with Crippen LogP contribution in [0.3, 0.4) is 0 Å². The number of aromatic nitrogens is 3. The highest BCUT2D eigenvalue weighted by atomic mass is 32.1. The number of rotatable bonds is 8. The van der Waals surface area contributed by atoms with E-state index in [0.717, 1.165) is 31.1 Å². The van der Waals surface area contributed by atoms with Crippen LogP contribution in [0, 0.1) is 0 Å². The topological polar surface area (TPSA) is 52.0 Å². The van der Waals surface area contributed by atoms with E-state index in [9.17, 15) is 0 Å². The van der Waals surface area contributed by atoms with Crippen LogP contribution in [-0.2, 0) is 17.7 Å². The molecule has 6 heteroatoms. The van der Waals surface area contributed by atoms with Crippen molar-refractivity contribution in [3.8, 4) is 0 Å². The van der Waals surface area contributed by atoms with Gasteiger partial charge in [-0.15, -0.1) is 11.3 Å². The van der Waals surface area contributed by atoms with E-state index >= 15 is 0 Å². The Hall–Kier alpha value is -1.24. The second-order valence-corrected chi connectivity index (χ2v) is 5.80. The van der Waals surface area contributed by atoms with Gasteiger partial charge in [0, 0.05) is 37.5 Å². The van der Waals surface area contributed by atoms with Crippen molar-refractivity contribution in [2.45, 2.75) is 32.9 Å². The first kappa shape index (κ1) is 15.2. The van der Waals surface area contributed by atoms with Gasteiger partial charge in [-0.1, -0.05) is 6.92 Å². The highest BCUT2D eigenvalue weighted by Gasteiger charge is 2.14. The molecule has 2 aromatic heterocycles. The average molecular weight is 294 g/mol. The van der Waals surface area contributed by atoms with Crippen LogP contribution < -0.4 is 5.32 Å². The first-order valence-electron chi connectivity index (χ1n) is 6.91. The minimum Gasteiger partial charge on any atom is -0.383 e. The molecule has 0 aliphatic carbocycles. The van der Waals surface area contributed by atoms with Gasteiger partial charge in [0.05, 0.1) is 24.7 Å². The third-order valence-electron chi connectivity index (χ3n) is 3.23. The Labute approximate surface area is 124 Å². The summed E-state index contributed by atoms with van der Waals surface area (Å²) in [5, 5.41) is 4.49. The molecule has 0 aromatic carbocycles. The molecule has 0 bridgehead atoms. The van der Waals surface area contributed by atoms with Crippen LogP contribution >= 0.6 is 11.3 Å². The van der Waals surface area contributed by atoms with Gasteiger partial charge in [-0.25, -0.2) is 9.97 Å². The number of nitrogens with zero attached hydrogens (tertiary/aromatic N) is 3. The zero-order chi connectivity index (χ0) is 14.4. The van der Waals surface area contributed by atoms with E-state index in [-0.39, 0.29) is 6.04 Å². The summed E-state index contributed by atoms with van der Waals surface area (Å²) < 4.78 is 7.21. The normalized spacial score (nSPS) is 12.8. The molecule has 1 N–H and O–H groups in total. The lowest BCUT2D eigenvalue weighted by Crippen LogP contribution is -2.21. The SMILES string of the molecule is CCc1cnc(C(C)n2cncc2CNCCOC)s1. The highest BCUT2D eigenvalue weighted by molar-refractivity contribution is 7.11. The monoisotopic (exact) mass is 294 g/mol. The number of imidazole rings is 1. The lowest BCUT2D eigenvalue weighted by Gasteiger charge is -2.14. The molecule has 1 unspecified atom stereocenters. The van der Waals surface area contributed by atoms with Gasteiger partial charge in [0.15, 0.2) is 0 Å². The van der Waals surface area contributed by atoms with Crippen LogP contribution in [0.5, 0.6) is 0 Å². The number of hydrogen-bond donors (Lipinski definition) is 1. The number of aryl methyl sites for hydroxylation is 1.